The summed E-state index contributed by atoms with van der Waals surface area (Å²) >= 11 is 0. The molecule has 0 fully saturated rings. The largest absolute Gasteiger partial charge is 0.456 e. The van der Waals surface area contributed by atoms with E-state index in [9.17, 15) is 19.2 Å². The number of rotatable bonds is 8. The number of amides is 3. The molecule has 7 nitrogen and oxygen atoms in total. The summed E-state index contributed by atoms with van der Waals surface area (Å²) in [5.74, 6) is -1.49. The molecule has 1 aliphatic rings. The second-order valence-corrected chi connectivity index (χ2v) is 8.22. The van der Waals surface area contributed by atoms with E-state index in [1.165, 1.54) is 4.90 Å². The number of imide groups is 1. The maximum absolute atomic E-state index is 12.8. The van der Waals surface area contributed by atoms with E-state index in [2.05, 4.69) is 0 Å². The summed E-state index contributed by atoms with van der Waals surface area (Å²) in [7, 11) is 0. The van der Waals surface area contributed by atoms with Gasteiger partial charge in [0.05, 0.1) is 0 Å². The van der Waals surface area contributed by atoms with Gasteiger partial charge in [0.1, 0.15) is 0 Å². The fraction of sp³-hybridized carbons (Fsp3) is 0.417. The number of carbonyl (C=O) groups is 4. The third-order valence-electron chi connectivity index (χ3n) is 5.38. The van der Waals surface area contributed by atoms with E-state index < -0.39 is 5.97 Å². The molecule has 0 atom stereocenters. The van der Waals surface area contributed by atoms with E-state index in [0.29, 0.717) is 16.5 Å². The van der Waals surface area contributed by atoms with Crippen LogP contribution in [-0.2, 0) is 14.3 Å². The predicted octanol–water partition coefficient (Wildman–Crippen LogP) is 3.40. The smallest absolute Gasteiger partial charge is 0.306 e. The van der Waals surface area contributed by atoms with Crippen LogP contribution in [0.2, 0.25) is 0 Å². The zero-order chi connectivity index (χ0) is 22.7. The highest BCUT2D eigenvalue weighted by Crippen LogP contribution is 2.30. The minimum absolute atomic E-state index is 0.00894. The van der Waals surface area contributed by atoms with Gasteiger partial charge in [-0.05, 0) is 51.6 Å². The van der Waals surface area contributed by atoms with Crippen molar-refractivity contribution in [3.8, 4) is 0 Å². The maximum Gasteiger partial charge on any atom is 0.306 e. The zero-order valence-corrected chi connectivity index (χ0v) is 18.4. The van der Waals surface area contributed by atoms with Crippen molar-refractivity contribution in [1.29, 1.82) is 0 Å². The number of benzene rings is 2. The van der Waals surface area contributed by atoms with Crippen LogP contribution in [0.3, 0.4) is 0 Å². The predicted molar refractivity (Wildman–Crippen MR) is 117 cm³/mol. The zero-order valence-electron chi connectivity index (χ0n) is 18.4. The average molecular weight is 424 g/mol. The van der Waals surface area contributed by atoms with Crippen molar-refractivity contribution in [1.82, 2.24) is 9.80 Å². The minimum Gasteiger partial charge on any atom is -0.456 e. The molecular formula is C24H28N2O5. The van der Waals surface area contributed by atoms with E-state index in [-0.39, 0.29) is 55.8 Å². The van der Waals surface area contributed by atoms with Crippen LogP contribution in [-0.4, -0.2) is 58.7 Å². The van der Waals surface area contributed by atoms with Crippen LogP contribution in [0, 0.1) is 0 Å². The molecule has 0 saturated heterocycles. The van der Waals surface area contributed by atoms with Gasteiger partial charge in [-0.2, -0.15) is 0 Å². The van der Waals surface area contributed by atoms with E-state index in [4.69, 9.17) is 4.74 Å². The van der Waals surface area contributed by atoms with Gasteiger partial charge in [-0.25, -0.2) is 0 Å². The lowest BCUT2D eigenvalue weighted by atomic mass is 9.94. The standard InChI is InChI=1S/C24H28N2O5/c1-15(2)26(16(3)4)20(27)14-31-21(28)12-7-13-25-23(29)18-10-5-8-17-9-6-11-19(22(17)18)24(25)30/h5-6,8-11,15-16H,7,12-14H2,1-4H3. The molecule has 31 heavy (non-hydrogen) atoms. The van der Waals surface area contributed by atoms with Gasteiger partial charge >= 0.3 is 5.97 Å². The molecule has 1 aliphatic heterocycles. The Hall–Kier alpha value is -3.22. The molecule has 2 aromatic carbocycles. The van der Waals surface area contributed by atoms with Gasteiger partial charge < -0.3 is 9.64 Å². The molecule has 0 spiro atoms. The highest BCUT2D eigenvalue weighted by Gasteiger charge is 2.32. The Bertz CT molecular complexity index is 969. The van der Waals surface area contributed by atoms with Crippen LogP contribution in [0.1, 0.15) is 61.3 Å². The van der Waals surface area contributed by atoms with Crippen molar-refractivity contribution < 1.29 is 23.9 Å². The Morgan fingerprint density at radius 1 is 0.935 bits per heavy atom. The second kappa shape index (κ2) is 9.29. The fourth-order valence-corrected chi connectivity index (χ4v) is 4.13. The van der Waals surface area contributed by atoms with Crippen molar-refractivity contribution in [2.75, 3.05) is 13.2 Å². The SMILES string of the molecule is CC(C)N(C(=O)COC(=O)CCCN1C(=O)c2cccc3cccc(c23)C1=O)C(C)C. The summed E-state index contributed by atoms with van der Waals surface area (Å²) in [5, 5.41) is 1.52. The van der Waals surface area contributed by atoms with Gasteiger partial charge in [-0.3, -0.25) is 24.1 Å². The Morgan fingerprint density at radius 2 is 1.48 bits per heavy atom. The normalized spacial score (nSPS) is 13.3. The van der Waals surface area contributed by atoms with E-state index in [1.54, 1.807) is 29.2 Å². The lowest BCUT2D eigenvalue weighted by Crippen LogP contribution is -2.44. The maximum atomic E-state index is 12.8. The molecule has 1 heterocycles. The summed E-state index contributed by atoms with van der Waals surface area (Å²) in [6.07, 6.45) is 0.278. The average Bonchev–Trinajstić information content (AvgIpc) is 2.72. The molecule has 0 saturated carbocycles. The van der Waals surface area contributed by atoms with Crippen LogP contribution in [0.15, 0.2) is 36.4 Å². The summed E-state index contributed by atoms with van der Waals surface area (Å²) in [6.45, 7) is 7.42. The first-order chi connectivity index (χ1) is 14.7. The Morgan fingerprint density at radius 3 is 2.00 bits per heavy atom. The molecule has 0 radical (unpaired) electrons. The number of nitrogens with zero attached hydrogens (tertiary/aromatic N) is 2. The molecular weight excluding hydrogens is 396 g/mol. The first-order valence-corrected chi connectivity index (χ1v) is 10.6. The first kappa shape index (κ1) is 22.5. The molecule has 0 aliphatic carbocycles. The van der Waals surface area contributed by atoms with Crippen LogP contribution in [0.25, 0.3) is 10.8 Å². The number of carbonyl (C=O) groups excluding carboxylic acids is 4. The molecule has 2 aromatic rings. The summed E-state index contributed by atoms with van der Waals surface area (Å²) in [6, 6.07) is 10.8. The van der Waals surface area contributed by atoms with Gasteiger partial charge in [-0.15, -0.1) is 0 Å². The van der Waals surface area contributed by atoms with Crippen molar-refractivity contribution in [3.63, 3.8) is 0 Å². The quantitative estimate of drug-likeness (QED) is 0.479. The van der Waals surface area contributed by atoms with Gasteiger partial charge in [0.15, 0.2) is 6.61 Å². The first-order valence-electron chi connectivity index (χ1n) is 10.6. The lowest BCUT2D eigenvalue weighted by molar-refractivity contribution is -0.153. The van der Waals surface area contributed by atoms with Gasteiger partial charge in [0, 0.05) is 41.6 Å². The molecule has 0 N–H and O–H groups in total. The molecule has 164 valence electrons. The minimum atomic E-state index is -0.528. The van der Waals surface area contributed by atoms with Crippen molar-refractivity contribution >= 4 is 34.5 Å². The summed E-state index contributed by atoms with van der Waals surface area (Å²) in [5.41, 5.74) is 0.978. The molecule has 0 unspecified atom stereocenters. The van der Waals surface area contributed by atoms with Gasteiger partial charge in [0.25, 0.3) is 17.7 Å². The van der Waals surface area contributed by atoms with Crippen molar-refractivity contribution in [2.24, 2.45) is 0 Å². The number of hydrogen-bond acceptors (Lipinski definition) is 5. The topological polar surface area (TPSA) is 84.0 Å². The molecule has 0 aromatic heterocycles. The van der Waals surface area contributed by atoms with Crippen LogP contribution in [0.5, 0.6) is 0 Å². The van der Waals surface area contributed by atoms with E-state index in [0.717, 1.165) is 5.39 Å². The number of hydrogen-bond donors (Lipinski definition) is 0. The Balaban J connectivity index is 1.56. The van der Waals surface area contributed by atoms with E-state index >= 15 is 0 Å². The van der Waals surface area contributed by atoms with Gasteiger partial charge in [-0.1, -0.05) is 24.3 Å². The van der Waals surface area contributed by atoms with Crippen molar-refractivity contribution in [3.05, 3.63) is 47.5 Å². The lowest BCUT2D eigenvalue weighted by Gasteiger charge is -2.30. The Kier molecular flexibility index (Phi) is 6.73. The van der Waals surface area contributed by atoms with Crippen molar-refractivity contribution in [2.45, 2.75) is 52.6 Å². The van der Waals surface area contributed by atoms with Crippen LogP contribution < -0.4 is 0 Å². The second-order valence-electron chi connectivity index (χ2n) is 8.22. The molecule has 3 amide bonds. The van der Waals surface area contributed by atoms with Crippen LogP contribution >= 0.6 is 0 Å². The fourth-order valence-electron chi connectivity index (χ4n) is 4.13. The number of ether oxygens (including phenoxy) is 1. The monoisotopic (exact) mass is 424 g/mol. The summed E-state index contributed by atoms with van der Waals surface area (Å²) < 4.78 is 5.11. The molecule has 0 bridgehead atoms. The van der Waals surface area contributed by atoms with Gasteiger partial charge in [0.2, 0.25) is 0 Å². The highest BCUT2D eigenvalue weighted by atomic mass is 16.5. The number of esters is 1. The van der Waals surface area contributed by atoms with E-state index in [1.807, 2.05) is 39.8 Å². The van der Waals surface area contributed by atoms with Crippen LogP contribution in [0.4, 0.5) is 0 Å². The Labute approximate surface area is 181 Å². The molecule has 7 heteroatoms. The third kappa shape index (κ3) is 4.60. The summed E-state index contributed by atoms with van der Waals surface area (Å²) in [4.78, 5) is 52.9. The molecule has 3 rings (SSSR count). The third-order valence-corrected chi connectivity index (χ3v) is 5.38. The highest BCUT2D eigenvalue weighted by molar-refractivity contribution is 6.25.